The van der Waals surface area contributed by atoms with Gasteiger partial charge < -0.3 is 5.11 Å². The SMILES string of the molecule is CC(C)C(Cn1c(=O)[nH][nH]c1=O)C(=O)O. The number of nitrogens with one attached hydrogen (secondary N) is 2. The maximum Gasteiger partial charge on any atom is 0.344 e. The van der Waals surface area contributed by atoms with Crippen molar-refractivity contribution in [2.75, 3.05) is 0 Å². The Morgan fingerprint density at radius 1 is 1.33 bits per heavy atom. The highest BCUT2D eigenvalue weighted by Gasteiger charge is 2.23. The Balaban J connectivity index is 2.98. The van der Waals surface area contributed by atoms with Crippen LogP contribution in [-0.4, -0.2) is 25.8 Å². The first-order chi connectivity index (χ1) is 6.93. The second kappa shape index (κ2) is 4.16. The summed E-state index contributed by atoms with van der Waals surface area (Å²) in [6.45, 7) is 3.33. The highest BCUT2D eigenvalue weighted by molar-refractivity contribution is 5.70. The second-order valence-corrected chi connectivity index (χ2v) is 3.66. The number of aromatic nitrogens is 3. The number of aromatic amines is 2. The van der Waals surface area contributed by atoms with E-state index in [1.807, 2.05) is 0 Å². The maximum atomic E-state index is 11.1. The second-order valence-electron chi connectivity index (χ2n) is 3.66. The van der Waals surface area contributed by atoms with Gasteiger partial charge in [-0.1, -0.05) is 13.8 Å². The van der Waals surface area contributed by atoms with E-state index in [0.717, 1.165) is 4.57 Å². The molecule has 7 nitrogen and oxygen atoms in total. The van der Waals surface area contributed by atoms with Crippen LogP contribution in [0.3, 0.4) is 0 Å². The van der Waals surface area contributed by atoms with E-state index in [4.69, 9.17) is 5.11 Å². The number of nitrogens with zero attached hydrogens (tertiary/aromatic N) is 1. The summed E-state index contributed by atoms with van der Waals surface area (Å²) in [6, 6.07) is 0. The van der Waals surface area contributed by atoms with Crippen molar-refractivity contribution in [2.45, 2.75) is 20.4 Å². The van der Waals surface area contributed by atoms with Crippen LogP contribution >= 0.6 is 0 Å². The zero-order valence-corrected chi connectivity index (χ0v) is 8.48. The fourth-order valence-electron chi connectivity index (χ4n) is 1.27. The van der Waals surface area contributed by atoms with Crippen molar-refractivity contribution in [2.24, 2.45) is 11.8 Å². The average molecular weight is 215 g/mol. The summed E-state index contributed by atoms with van der Waals surface area (Å²) in [7, 11) is 0. The molecule has 0 aliphatic carbocycles. The average Bonchev–Trinajstić information content (AvgIpc) is 2.42. The molecule has 0 aromatic carbocycles. The lowest BCUT2D eigenvalue weighted by Crippen LogP contribution is -2.34. The van der Waals surface area contributed by atoms with Crippen molar-refractivity contribution in [3.8, 4) is 0 Å². The van der Waals surface area contributed by atoms with Gasteiger partial charge >= 0.3 is 17.3 Å². The Hall–Kier alpha value is -1.79. The third kappa shape index (κ3) is 2.36. The molecule has 1 heterocycles. The molecule has 1 atom stereocenters. The Kier molecular flexibility index (Phi) is 3.13. The van der Waals surface area contributed by atoms with Crippen LogP contribution in [0.5, 0.6) is 0 Å². The number of hydrogen-bond donors (Lipinski definition) is 3. The van der Waals surface area contributed by atoms with Gasteiger partial charge in [0.1, 0.15) is 0 Å². The molecule has 0 amide bonds. The van der Waals surface area contributed by atoms with Crippen molar-refractivity contribution < 1.29 is 9.90 Å². The molecule has 1 aromatic rings. The number of aliphatic carboxylic acids is 1. The Labute approximate surface area is 84.7 Å². The van der Waals surface area contributed by atoms with Crippen molar-refractivity contribution in [1.82, 2.24) is 14.8 Å². The first-order valence-electron chi connectivity index (χ1n) is 4.53. The Morgan fingerprint density at radius 2 is 1.80 bits per heavy atom. The van der Waals surface area contributed by atoms with Gasteiger partial charge in [-0.3, -0.25) is 4.79 Å². The molecule has 84 valence electrons. The Morgan fingerprint density at radius 3 is 2.13 bits per heavy atom. The standard InChI is InChI=1S/C8H13N3O4/c1-4(2)5(6(12)13)3-11-7(14)9-10-8(11)15/h4-5H,3H2,1-2H3,(H,9,14)(H,10,15)(H,12,13). The topological polar surface area (TPSA) is 108 Å². The molecule has 15 heavy (non-hydrogen) atoms. The number of carboxylic acid groups (broad SMARTS) is 1. The van der Waals surface area contributed by atoms with Crippen molar-refractivity contribution >= 4 is 5.97 Å². The minimum Gasteiger partial charge on any atom is -0.481 e. The van der Waals surface area contributed by atoms with E-state index in [-0.39, 0.29) is 12.5 Å². The highest BCUT2D eigenvalue weighted by atomic mass is 16.4. The van der Waals surface area contributed by atoms with Crippen LogP contribution in [0.2, 0.25) is 0 Å². The number of rotatable bonds is 4. The van der Waals surface area contributed by atoms with Crippen molar-refractivity contribution in [3.63, 3.8) is 0 Å². The van der Waals surface area contributed by atoms with E-state index in [0.29, 0.717) is 0 Å². The molecular formula is C8H13N3O4. The third-order valence-corrected chi connectivity index (χ3v) is 2.27. The van der Waals surface area contributed by atoms with Crippen LogP contribution in [0.1, 0.15) is 13.8 Å². The molecule has 0 radical (unpaired) electrons. The van der Waals surface area contributed by atoms with E-state index >= 15 is 0 Å². The molecule has 0 fully saturated rings. The molecule has 1 rings (SSSR count). The van der Waals surface area contributed by atoms with Gasteiger partial charge in [0.2, 0.25) is 0 Å². The summed E-state index contributed by atoms with van der Waals surface area (Å²) in [6.07, 6.45) is 0. The molecule has 0 aliphatic rings. The van der Waals surface area contributed by atoms with E-state index in [1.54, 1.807) is 13.8 Å². The fourth-order valence-corrected chi connectivity index (χ4v) is 1.27. The van der Waals surface area contributed by atoms with Crippen molar-refractivity contribution in [3.05, 3.63) is 21.0 Å². The maximum absolute atomic E-state index is 11.1. The zero-order chi connectivity index (χ0) is 11.6. The third-order valence-electron chi connectivity index (χ3n) is 2.27. The Bertz CT molecular complexity index is 425. The number of carbonyl (C=O) groups is 1. The zero-order valence-electron chi connectivity index (χ0n) is 8.48. The first-order valence-corrected chi connectivity index (χ1v) is 4.53. The molecule has 0 spiro atoms. The summed E-state index contributed by atoms with van der Waals surface area (Å²) in [5, 5.41) is 13.1. The number of H-pyrrole nitrogens is 2. The van der Waals surface area contributed by atoms with E-state index in [2.05, 4.69) is 10.2 Å². The minimum absolute atomic E-state index is 0.120. The van der Waals surface area contributed by atoms with Crippen molar-refractivity contribution in [1.29, 1.82) is 0 Å². The van der Waals surface area contributed by atoms with Crippen LogP contribution in [0, 0.1) is 11.8 Å². The number of carboxylic acids is 1. The minimum atomic E-state index is -1.02. The summed E-state index contributed by atoms with van der Waals surface area (Å²) < 4.78 is 0.846. The van der Waals surface area contributed by atoms with E-state index < -0.39 is 23.3 Å². The van der Waals surface area contributed by atoms with E-state index in [9.17, 15) is 14.4 Å². The molecule has 7 heteroatoms. The van der Waals surface area contributed by atoms with Gasteiger partial charge in [0.05, 0.1) is 5.92 Å². The van der Waals surface area contributed by atoms with E-state index in [1.165, 1.54) is 0 Å². The quantitative estimate of drug-likeness (QED) is 0.612. The lowest BCUT2D eigenvalue weighted by Gasteiger charge is -2.14. The van der Waals surface area contributed by atoms with Gasteiger partial charge in [-0.25, -0.2) is 24.4 Å². The summed E-state index contributed by atoms with van der Waals surface area (Å²) in [4.78, 5) is 33.1. The van der Waals surface area contributed by atoms with Gasteiger partial charge in [0.25, 0.3) is 0 Å². The van der Waals surface area contributed by atoms with Crippen LogP contribution < -0.4 is 11.4 Å². The van der Waals surface area contributed by atoms with Gasteiger partial charge in [0.15, 0.2) is 0 Å². The largest absolute Gasteiger partial charge is 0.481 e. The molecule has 0 aliphatic heterocycles. The molecule has 3 N–H and O–H groups in total. The van der Waals surface area contributed by atoms with Gasteiger partial charge in [-0.15, -0.1) is 0 Å². The fraction of sp³-hybridized carbons (Fsp3) is 0.625. The van der Waals surface area contributed by atoms with Crippen LogP contribution in [0.4, 0.5) is 0 Å². The van der Waals surface area contributed by atoms with Crippen LogP contribution in [0.25, 0.3) is 0 Å². The van der Waals surface area contributed by atoms with Crippen LogP contribution in [-0.2, 0) is 11.3 Å². The molecule has 0 bridgehead atoms. The number of hydrogen-bond acceptors (Lipinski definition) is 3. The molecule has 1 unspecified atom stereocenters. The molecule has 0 saturated heterocycles. The molecule has 1 aromatic heterocycles. The molecular weight excluding hydrogens is 202 g/mol. The predicted molar refractivity (Wildman–Crippen MR) is 51.6 cm³/mol. The normalized spacial score (nSPS) is 13.0. The lowest BCUT2D eigenvalue weighted by molar-refractivity contribution is -0.143. The molecule has 0 saturated carbocycles. The van der Waals surface area contributed by atoms with Gasteiger partial charge in [0, 0.05) is 6.54 Å². The lowest BCUT2D eigenvalue weighted by atomic mass is 9.96. The van der Waals surface area contributed by atoms with Gasteiger partial charge in [-0.2, -0.15) is 0 Å². The predicted octanol–water partition coefficient (Wildman–Crippen LogP) is -0.778. The highest BCUT2D eigenvalue weighted by Crippen LogP contribution is 2.11. The van der Waals surface area contributed by atoms with Crippen LogP contribution in [0.15, 0.2) is 9.59 Å². The first kappa shape index (κ1) is 11.3. The smallest absolute Gasteiger partial charge is 0.344 e. The summed E-state index contributed by atoms with van der Waals surface area (Å²) in [5.41, 5.74) is -1.24. The summed E-state index contributed by atoms with van der Waals surface area (Å²) >= 11 is 0. The monoisotopic (exact) mass is 215 g/mol. The van der Waals surface area contributed by atoms with Gasteiger partial charge in [-0.05, 0) is 5.92 Å². The summed E-state index contributed by atoms with van der Waals surface area (Å²) in [5.74, 6) is -1.92.